The molecular formula is C22H26BrN3O2. The van der Waals surface area contributed by atoms with Gasteiger partial charge < -0.3 is 15.5 Å². The van der Waals surface area contributed by atoms with Crippen molar-refractivity contribution in [2.24, 2.45) is 5.92 Å². The van der Waals surface area contributed by atoms with E-state index in [1.165, 1.54) is 0 Å². The molecule has 0 aromatic heterocycles. The van der Waals surface area contributed by atoms with Gasteiger partial charge in [0.2, 0.25) is 0 Å². The number of nitrogens with one attached hydrogen (secondary N) is 2. The van der Waals surface area contributed by atoms with E-state index in [4.69, 9.17) is 0 Å². The number of amides is 2. The van der Waals surface area contributed by atoms with E-state index in [0.29, 0.717) is 29.3 Å². The van der Waals surface area contributed by atoms with Gasteiger partial charge in [0.05, 0.1) is 11.1 Å². The molecule has 1 saturated heterocycles. The second-order valence-electron chi connectivity index (χ2n) is 7.46. The molecule has 148 valence electrons. The summed E-state index contributed by atoms with van der Waals surface area (Å²) in [5.74, 6) is 0.0556. The Labute approximate surface area is 174 Å². The molecule has 3 rings (SSSR count). The third kappa shape index (κ3) is 4.93. The molecule has 1 fully saturated rings. The molecule has 28 heavy (non-hydrogen) atoms. The van der Waals surface area contributed by atoms with Crippen LogP contribution in [-0.2, 0) is 0 Å². The van der Waals surface area contributed by atoms with Crippen molar-refractivity contribution in [2.45, 2.75) is 26.7 Å². The molecule has 1 heterocycles. The Bertz CT molecular complexity index is 861. The SMILES string of the molecule is CC(C)CNC(=O)c1cc(NC(=O)c2ccccc2Br)ccc1N1CCCC1. The highest BCUT2D eigenvalue weighted by molar-refractivity contribution is 9.10. The van der Waals surface area contributed by atoms with Crippen LogP contribution in [0.25, 0.3) is 0 Å². The minimum absolute atomic E-state index is 0.104. The van der Waals surface area contributed by atoms with Crippen molar-refractivity contribution < 1.29 is 9.59 Å². The van der Waals surface area contributed by atoms with E-state index in [1.807, 2.05) is 30.3 Å². The summed E-state index contributed by atoms with van der Waals surface area (Å²) in [5.41, 5.74) is 2.69. The first-order valence-electron chi connectivity index (χ1n) is 9.69. The Hall–Kier alpha value is -2.34. The monoisotopic (exact) mass is 443 g/mol. The van der Waals surface area contributed by atoms with Crippen LogP contribution in [0.4, 0.5) is 11.4 Å². The molecule has 0 unspecified atom stereocenters. The second kappa shape index (κ2) is 9.24. The number of halogens is 1. The van der Waals surface area contributed by atoms with Gasteiger partial charge in [-0.25, -0.2) is 0 Å². The summed E-state index contributed by atoms with van der Waals surface area (Å²) in [6.45, 7) is 6.65. The normalized spacial score (nSPS) is 13.6. The average Bonchev–Trinajstić information content (AvgIpc) is 3.21. The number of hydrogen-bond acceptors (Lipinski definition) is 3. The van der Waals surface area contributed by atoms with Crippen LogP contribution >= 0.6 is 15.9 Å². The highest BCUT2D eigenvalue weighted by atomic mass is 79.9. The number of rotatable bonds is 6. The summed E-state index contributed by atoms with van der Waals surface area (Å²) in [6.07, 6.45) is 2.27. The number of hydrogen-bond donors (Lipinski definition) is 2. The summed E-state index contributed by atoms with van der Waals surface area (Å²) in [6, 6.07) is 12.8. The molecule has 6 heteroatoms. The van der Waals surface area contributed by atoms with Crippen molar-refractivity contribution in [2.75, 3.05) is 29.9 Å². The number of anilines is 2. The zero-order chi connectivity index (χ0) is 20.1. The zero-order valence-electron chi connectivity index (χ0n) is 16.3. The Balaban J connectivity index is 1.86. The lowest BCUT2D eigenvalue weighted by atomic mass is 10.1. The Morgan fingerprint density at radius 2 is 1.75 bits per heavy atom. The van der Waals surface area contributed by atoms with Crippen molar-refractivity contribution in [3.05, 3.63) is 58.1 Å². The molecule has 0 bridgehead atoms. The minimum atomic E-state index is -0.213. The Morgan fingerprint density at radius 1 is 1.04 bits per heavy atom. The summed E-state index contributed by atoms with van der Waals surface area (Å²) in [5, 5.41) is 5.91. The van der Waals surface area contributed by atoms with E-state index in [1.54, 1.807) is 12.1 Å². The van der Waals surface area contributed by atoms with Gasteiger partial charge in [-0.1, -0.05) is 26.0 Å². The first-order chi connectivity index (χ1) is 13.5. The fourth-order valence-electron chi connectivity index (χ4n) is 3.27. The molecule has 2 N–H and O–H groups in total. The quantitative estimate of drug-likeness (QED) is 0.680. The van der Waals surface area contributed by atoms with Gasteiger partial charge in [0, 0.05) is 35.5 Å². The van der Waals surface area contributed by atoms with Crippen LogP contribution in [0.2, 0.25) is 0 Å². The molecule has 1 aliphatic heterocycles. The van der Waals surface area contributed by atoms with E-state index < -0.39 is 0 Å². The number of carbonyl (C=O) groups is 2. The van der Waals surface area contributed by atoms with Crippen LogP contribution in [0.5, 0.6) is 0 Å². The molecule has 0 spiro atoms. The number of benzene rings is 2. The van der Waals surface area contributed by atoms with Gasteiger partial charge >= 0.3 is 0 Å². The van der Waals surface area contributed by atoms with Gasteiger partial charge in [0.15, 0.2) is 0 Å². The predicted octanol–water partition coefficient (Wildman–Crippen LogP) is 4.69. The maximum Gasteiger partial charge on any atom is 0.256 e. The van der Waals surface area contributed by atoms with Gasteiger partial charge in [-0.15, -0.1) is 0 Å². The maximum atomic E-state index is 12.8. The van der Waals surface area contributed by atoms with Gasteiger partial charge in [-0.2, -0.15) is 0 Å². The third-order valence-corrected chi connectivity index (χ3v) is 5.43. The lowest BCUT2D eigenvalue weighted by Gasteiger charge is -2.22. The van der Waals surface area contributed by atoms with Crippen molar-refractivity contribution in [3.63, 3.8) is 0 Å². The molecule has 2 aromatic rings. The van der Waals surface area contributed by atoms with Gasteiger partial charge in [-0.3, -0.25) is 9.59 Å². The third-order valence-electron chi connectivity index (χ3n) is 4.74. The van der Waals surface area contributed by atoms with Crippen LogP contribution in [0.15, 0.2) is 46.9 Å². The molecular weight excluding hydrogens is 418 g/mol. The summed E-state index contributed by atoms with van der Waals surface area (Å²) < 4.78 is 0.732. The summed E-state index contributed by atoms with van der Waals surface area (Å²) in [4.78, 5) is 27.7. The van der Waals surface area contributed by atoms with Crippen LogP contribution in [0.3, 0.4) is 0 Å². The predicted molar refractivity (Wildman–Crippen MR) is 117 cm³/mol. The standard InChI is InChI=1S/C22H26BrN3O2/c1-15(2)14-24-21(27)18-13-16(9-10-20(18)26-11-5-6-12-26)25-22(28)17-7-3-4-8-19(17)23/h3-4,7-10,13,15H,5-6,11-12,14H2,1-2H3,(H,24,27)(H,25,28). The summed E-state index contributed by atoms with van der Waals surface area (Å²) in [7, 11) is 0. The molecule has 0 radical (unpaired) electrons. The van der Waals surface area contributed by atoms with Gasteiger partial charge in [0.25, 0.3) is 11.8 Å². The molecule has 0 aliphatic carbocycles. The fourth-order valence-corrected chi connectivity index (χ4v) is 3.73. The molecule has 2 aromatic carbocycles. The highest BCUT2D eigenvalue weighted by Gasteiger charge is 2.21. The average molecular weight is 444 g/mol. The second-order valence-corrected chi connectivity index (χ2v) is 8.32. The van der Waals surface area contributed by atoms with Crippen molar-refractivity contribution in [1.29, 1.82) is 0 Å². The van der Waals surface area contributed by atoms with Crippen molar-refractivity contribution in [1.82, 2.24) is 5.32 Å². The lowest BCUT2D eigenvalue weighted by Crippen LogP contribution is -2.30. The smallest absolute Gasteiger partial charge is 0.256 e. The van der Waals surface area contributed by atoms with E-state index in [2.05, 4.69) is 45.3 Å². The first kappa shape index (κ1) is 20.4. The molecule has 0 saturated carbocycles. The number of carbonyl (C=O) groups excluding carboxylic acids is 2. The van der Waals surface area contributed by atoms with E-state index in [9.17, 15) is 9.59 Å². The van der Waals surface area contributed by atoms with Crippen molar-refractivity contribution in [3.8, 4) is 0 Å². The topological polar surface area (TPSA) is 61.4 Å². The Kier molecular flexibility index (Phi) is 6.73. The lowest BCUT2D eigenvalue weighted by molar-refractivity contribution is 0.0948. The molecule has 5 nitrogen and oxygen atoms in total. The van der Waals surface area contributed by atoms with Crippen LogP contribution in [0.1, 0.15) is 47.4 Å². The minimum Gasteiger partial charge on any atom is -0.371 e. The van der Waals surface area contributed by atoms with Crippen LogP contribution in [-0.4, -0.2) is 31.4 Å². The van der Waals surface area contributed by atoms with E-state index >= 15 is 0 Å². The van der Waals surface area contributed by atoms with E-state index in [0.717, 1.165) is 36.1 Å². The van der Waals surface area contributed by atoms with Gasteiger partial charge in [0.1, 0.15) is 0 Å². The molecule has 1 aliphatic rings. The fraction of sp³-hybridized carbons (Fsp3) is 0.364. The number of nitrogens with zero attached hydrogens (tertiary/aromatic N) is 1. The van der Waals surface area contributed by atoms with Crippen molar-refractivity contribution >= 4 is 39.1 Å². The largest absolute Gasteiger partial charge is 0.371 e. The van der Waals surface area contributed by atoms with Crippen LogP contribution < -0.4 is 15.5 Å². The molecule has 2 amide bonds. The van der Waals surface area contributed by atoms with Gasteiger partial charge in [-0.05, 0) is 65.0 Å². The Morgan fingerprint density at radius 3 is 2.43 bits per heavy atom. The highest BCUT2D eigenvalue weighted by Crippen LogP contribution is 2.28. The maximum absolute atomic E-state index is 12.8. The zero-order valence-corrected chi connectivity index (χ0v) is 17.9. The first-order valence-corrected chi connectivity index (χ1v) is 10.5. The van der Waals surface area contributed by atoms with E-state index in [-0.39, 0.29) is 11.8 Å². The van der Waals surface area contributed by atoms with Crippen LogP contribution in [0, 0.1) is 5.92 Å². The summed E-state index contributed by atoms with van der Waals surface area (Å²) >= 11 is 3.41. The molecule has 0 atom stereocenters.